The number of carbonyl (C=O) groups excluding carboxylic acids is 2. The van der Waals surface area contributed by atoms with Crippen LogP contribution in [0.15, 0.2) is 29.3 Å². The van der Waals surface area contributed by atoms with Crippen molar-refractivity contribution in [1.29, 1.82) is 0 Å². The molecule has 0 saturated carbocycles. The van der Waals surface area contributed by atoms with E-state index in [4.69, 9.17) is 9.73 Å². The molecule has 2 unspecified atom stereocenters. The number of hydrogen-bond donors (Lipinski definition) is 2. The Morgan fingerprint density at radius 3 is 2.50 bits per heavy atom. The third kappa shape index (κ3) is 6.96. The van der Waals surface area contributed by atoms with Gasteiger partial charge in [-0.3, -0.25) is 14.6 Å². The molecule has 0 bridgehead atoms. The second-order valence-corrected chi connectivity index (χ2v) is 6.88. The molecular formula is C20H31IN4O3. The number of ether oxygens (including phenoxy) is 1. The number of nitrogens with zero attached hydrogens (tertiary/aromatic N) is 2. The van der Waals surface area contributed by atoms with Crippen LogP contribution in [0.25, 0.3) is 0 Å². The number of benzene rings is 1. The van der Waals surface area contributed by atoms with E-state index >= 15 is 0 Å². The number of hydrogen-bond acceptors (Lipinski definition) is 4. The zero-order valence-corrected chi connectivity index (χ0v) is 19.4. The molecule has 0 radical (unpaired) electrons. The van der Waals surface area contributed by atoms with Crippen LogP contribution in [0.3, 0.4) is 0 Å². The molecule has 156 valence electrons. The Morgan fingerprint density at radius 2 is 1.93 bits per heavy atom. The van der Waals surface area contributed by atoms with Crippen molar-refractivity contribution < 1.29 is 14.3 Å². The molecule has 2 atom stereocenters. The molecule has 1 fully saturated rings. The number of esters is 1. The summed E-state index contributed by atoms with van der Waals surface area (Å²) >= 11 is 0. The average Bonchev–Trinajstić information content (AvgIpc) is 3.03. The fourth-order valence-electron chi connectivity index (χ4n) is 3.27. The van der Waals surface area contributed by atoms with Gasteiger partial charge in [-0.15, -0.1) is 24.0 Å². The second kappa shape index (κ2) is 11.9. The Labute approximate surface area is 184 Å². The van der Waals surface area contributed by atoms with E-state index in [0.717, 1.165) is 36.7 Å². The van der Waals surface area contributed by atoms with E-state index in [1.807, 2.05) is 31.2 Å². The lowest BCUT2D eigenvalue weighted by Gasteiger charge is -2.21. The van der Waals surface area contributed by atoms with Gasteiger partial charge in [-0.1, -0.05) is 19.1 Å². The number of likely N-dealkylation sites (tertiary alicyclic amines) is 1. The van der Waals surface area contributed by atoms with Crippen molar-refractivity contribution in [3.05, 3.63) is 29.8 Å². The van der Waals surface area contributed by atoms with Crippen molar-refractivity contribution in [2.24, 2.45) is 16.8 Å². The zero-order valence-electron chi connectivity index (χ0n) is 17.0. The normalized spacial score (nSPS) is 19.0. The van der Waals surface area contributed by atoms with Gasteiger partial charge >= 0.3 is 5.97 Å². The van der Waals surface area contributed by atoms with Crippen molar-refractivity contribution in [3.63, 3.8) is 0 Å². The number of aliphatic imine (C=N–C) groups is 1. The smallest absolute Gasteiger partial charge is 0.310 e. The summed E-state index contributed by atoms with van der Waals surface area (Å²) in [6.07, 6.45) is 0.805. The van der Waals surface area contributed by atoms with Crippen LogP contribution >= 0.6 is 24.0 Å². The SMILES string of the molecule is CCNC(=NCCc1ccc(NC(C)=O)cc1)N1CC(C)C(C(=O)OC)C1.I. The third-order valence-electron chi connectivity index (χ3n) is 4.69. The van der Waals surface area contributed by atoms with Crippen LogP contribution in [0.1, 0.15) is 26.3 Å². The maximum Gasteiger partial charge on any atom is 0.310 e. The minimum Gasteiger partial charge on any atom is -0.469 e. The summed E-state index contributed by atoms with van der Waals surface area (Å²) in [7, 11) is 1.44. The van der Waals surface area contributed by atoms with Gasteiger partial charge in [0.1, 0.15) is 0 Å². The topological polar surface area (TPSA) is 83.0 Å². The molecule has 8 heteroatoms. The Morgan fingerprint density at radius 1 is 1.25 bits per heavy atom. The summed E-state index contributed by atoms with van der Waals surface area (Å²) < 4.78 is 4.91. The molecule has 1 aromatic carbocycles. The number of amides is 1. The van der Waals surface area contributed by atoms with Crippen molar-refractivity contribution >= 4 is 47.5 Å². The van der Waals surface area contributed by atoms with Gasteiger partial charge < -0.3 is 20.3 Å². The van der Waals surface area contributed by atoms with Crippen LogP contribution in [0.2, 0.25) is 0 Å². The molecule has 7 nitrogen and oxygen atoms in total. The first-order valence-corrected chi connectivity index (χ1v) is 9.42. The van der Waals surface area contributed by atoms with Gasteiger partial charge in [0.25, 0.3) is 0 Å². The Bertz CT molecular complexity index is 679. The first-order valence-electron chi connectivity index (χ1n) is 9.42. The summed E-state index contributed by atoms with van der Waals surface area (Å²) in [5, 5.41) is 6.08. The van der Waals surface area contributed by atoms with Gasteiger partial charge in [0.15, 0.2) is 5.96 Å². The molecule has 1 amide bonds. The molecule has 1 aromatic rings. The molecule has 1 aliphatic rings. The predicted molar refractivity (Wildman–Crippen MR) is 122 cm³/mol. The number of halogens is 1. The van der Waals surface area contributed by atoms with E-state index in [9.17, 15) is 9.59 Å². The van der Waals surface area contributed by atoms with Crippen LogP contribution in [-0.4, -0.2) is 56.0 Å². The summed E-state index contributed by atoms with van der Waals surface area (Å²) in [5.74, 6) is 0.737. The van der Waals surface area contributed by atoms with Gasteiger partial charge in [-0.05, 0) is 37.0 Å². The number of carbonyl (C=O) groups is 2. The van der Waals surface area contributed by atoms with Crippen LogP contribution in [0.4, 0.5) is 5.69 Å². The van der Waals surface area contributed by atoms with Gasteiger partial charge in [-0.2, -0.15) is 0 Å². The molecule has 0 spiro atoms. The molecule has 0 aromatic heterocycles. The monoisotopic (exact) mass is 502 g/mol. The van der Waals surface area contributed by atoms with Crippen LogP contribution < -0.4 is 10.6 Å². The maximum atomic E-state index is 11.9. The molecule has 1 aliphatic heterocycles. The van der Waals surface area contributed by atoms with Crippen LogP contribution in [0.5, 0.6) is 0 Å². The summed E-state index contributed by atoms with van der Waals surface area (Å²) in [6, 6.07) is 7.79. The van der Waals surface area contributed by atoms with E-state index in [-0.39, 0.29) is 47.7 Å². The Hall–Kier alpha value is -1.84. The van der Waals surface area contributed by atoms with Crippen LogP contribution in [-0.2, 0) is 20.7 Å². The zero-order chi connectivity index (χ0) is 19.8. The summed E-state index contributed by atoms with van der Waals surface area (Å²) in [6.45, 7) is 8.44. The number of guanidine groups is 1. The fraction of sp³-hybridized carbons (Fsp3) is 0.550. The summed E-state index contributed by atoms with van der Waals surface area (Å²) in [4.78, 5) is 29.8. The first-order chi connectivity index (χ1) is 12.9. The Kier molecular flexibility index (Phi) is 10.3. The molecule has 2 rings (SSSR count). The predicted octanol–water partition coefficient (Wildman–Crippen LogP) is 2.51. The van der Waals surface area contributed by atoms with Crippen LogP contribution in [0, 0.1) is 11.8 Å². The molecule has 2 N–H and O–H groups in total. The highest BCUT2D eigenvalue weighted by Gasteiger charge is 2.36. The number of nitrogens with one attached hydrogen (secondary N) is 2. The highest BCUT2D eigenvalue weighted by molar-refractivity contribution is 14.0. The molecule has 1 saturated heterocycles. The quantitative estimate of drug-likeness (QED) is 0.271. The molecule has 0 aliphatic carbocycles. The standard InChI is InChI=1S/C20H30N4O3.HI/c1-5-21-20(24-12-14(2)18(13-24)19(26)27-4)22-11-10-16-6-8-17(9-7-16)23-15(3)25;/h6-9,14,18H,5,10-13H2,1-4H3,(H,21,22)(H,23,25);1H. The van der Waals surface area contributed by atoms with Crippen molar-refractivity contribution in [2.45, 2.75) is 27.2 Å². The minimum absolute atomic E-state index is 0. The molecular weight excluding hydrogens is 471 g/mol. The Balaban J connectivity index is 0.00000392. The minimum atomic E-state index is -0.153. The first kappa shape index (κ1) is 24.2. The summed E-state index contributed by atoms with van der Waals surface area (Å²) in [5.41, 5.74) is 1.95. The van der Waals surface area contributed by atoms with Crippen molar-refractivity contribution in [1.82, 2.24) is 10.2 Å². The maximum absolute atomic E-state index is 11.9. The second-order valence-electron chi connectivity index (χ2n) is 6.88. The largest absolute Gasteiger partial charge is 0.469 e. The van der Waals surface area contributed by atoms with Gasteiger partial charge in [-0.25, -0.2) is 0 Å². The van der Waals surface area contributed by atoms with E-state index in [0.29, 0.717) is 13.1 Å². The third-order valence-corrected chi connectivity index (χ3v) is 4.69. The van der Waals surface area contributed by atoms with Gasteiger partial charge in [0.2, 0.25) is 5.91 Å². The van der Waals surface area contributed by atoms with Gasteiger partial charge in [0, 0.05) is 38.8 Å². The van der Waals surface area contributed by atoms with Crippen molar-refractivity contribution in [2.75, 3.05) is 38.6 Å². The van der Waals surface area contributed by atoms with E-state index in [1.165, 1.54) is 14.0 Å². The average molecular weight is 502 g/mol. The number of rotatable bonds is 6. The lowest BCUT2D eigenvalue weighted by atomic mass is 9.99. The fourth-order valence-corrected chi connectivity index (χ4v) is 3.27. The van der Waals surface area contributed by atoms with Crippen molar-refractivity contribution in [3.8, 4) is 0 Å². The molecule has 28 heavy (non-hydrogen) atoms. The lowest BCUT2D eigenvalue weighted by Crippen LogP contribution is -2.40. The lowest BCUT2D eigenvalue weighted by molar-refractivity contribution is -0.146. The van der Waals surface area contributed by atoms with E-state index in [1.54, 1.807) is 0 Å². The van der Waals surface area contributed by atoms with E-state index < -0.39 is 0 Å². The number of methoxy groups -OCH3 is 1. The number of anilines is 1. The van der Waals surface area contributed by atoms with E-state index in [2.05, 4.69) is 22.5 Å². The highest BCUT2D eigenvalue weighted by atomic mass is 127. The molecule has 1 heterocycles. The van der Waals surface area contributed by atoms with Gasteiger partial charge in [0.05, 0.1) is 13.0 Å². The highest BCUT2D eigenvalue weighted by Crippen LogP contribution is 2.24.